The molecule has 0 saturated carbocycles. The molecule has 0 fully saturated rings. The maximum absolute atomic E-state index is 3.36. The summed E-state index contributed by atoms with van der Waals surface area (Å²) in [5.74, 6) is 0. The molecule has 0 unspecified atom stereocenters. The van der Waals surface area contributed by atoms with Gasteiger partial charge in [-0.2, -0.15) is 0 Å². The second-order valence-corrected chi connectivity index (χ2v) is 5.44. The van der Waals surface area contributed by atoms with Crippen LogP contribution in [0.25, 0.3) is 11.1 Å². The zero-order valence-corrected chi connectivity index (χ0v) is 12.5. The molecule has 0 spiro atoms. The van der Waals surface area contributed by atoms with Gasteiger partial charge in [-0.3, -0.25) is 0 Å². The van der Waals surface area contributed by atoms with E-state index in [1.165, 1.54) is 27.9 Å². The van der Waals surface area contributed by atoms with Gasteiger partial charge in [-0.25, -0.2) is 0 Å². The van der Waals surface area contributed by atoms with Gasteiger partial charge in [0.25, 0.3) is 0 Å². The first kappa shape index (κ1) is 13.6. The van der Waals surface area contributed by atoms with E-state index in [0.717, 1.165) is 12.0 Å². The summed E-state index contributed by atoms with van der Waals surface area (Å²) in [5.41, 5.74) is 7.71. The molecular formula is C21H18. The monoisotopic (exact) mass is 270 g/mol. The number of allylic oxidation sites excluding steroid dienone is 6. The summed E-state index contributed by atoms with van der Waals surface area (Å²) in [4.78, 5) is 0. The summed E-state index contributed by atoms with van der Waals surface area (Å²) in [6.07, 6.45) is 5.46. The first-order valence-electron chi connectivity index (χ1n) is 7.28. The zero-order valence-electron chi connectivity index (χ0n) is 12.5. The van der Waals surface area contributed by atoms with Crippen molar-refractivity contribution in [3.8, 4) is 0 Å². The first-order valence-corrected chi connectivity index (χ1v) is 7.28. The molecular weight excluding hydrogens is 252 g/mol. The molecule has 102 valence electrons. The molecule has 0 heteroatoms. The largest absolute Gasteiger partial charge is 0.0795 e. The average molecular weight is 270 g/mol. The summed E-state index contributed by atoms with van der Waals surface area (Å²) < 4.78 is 0. The van der Waals surface area contributed by atoms with Gasteiger partial charge in [-0.15, -0.1) is 0 Å². The smallest absolute Gasteiger partial charge is 0.00705 e. The zero-order chi connectivity index (χ0) is 14.7. The third-order valence-corrected chi connectivity index (χ3v) is 3.78. The molecule has 0 bridgehead atoms. The van der Waals surface area contributed by atoms with E-state index in [0.29, 0.717) is 0 Å². The predicted octanol–water partition coefficient (Wildman–Crippen LogP) is 5.49. The Kier molecular flexibility index (Phi) is 3.87. The topological polar surface area (TPSA) is 0 Å². The predicted molar refractivity (Wildman–Crippen MR) is 89.5 cm³/mol. The quantitative estimate of drug-likeness (QED) is 0.676. The molecule has 0 aromatic heterocycles. The van der Waals surface area contributed by atoms with Crippen LogP contribution >= 0.6 is 0 Å². The van der Waals surface area contributed by atoms with Crippen molar-refractivity contribution in [2.45, 2.75) is 20.3 Å². The number of hydrogen-bond donors (Lipinski definition) is 0. The van der Waals surface area contributed by atoms with Crippen molar-refractivity contribution >= 4 is 11.1 Å². The molecule has 0 aliphatic heterocycles. The van der Waals surface area contributed by atoms with Gasteiger partial charge in [0.15, 0.2) is 0 Å². The van der Waals surface area contributed by atoms with E-state index in [2.05, 4.69) is 68.5 Å². The van der Waals surface area contributed by atoms with E-state index in [9.17, 15) is 0 Å². The summed E-state index contributed by atoms with van der Waals surface area (Å²) in [6, 6.07) is 23.0. The lowest BCUT2D eigenvalue weighted by molar-refractivity contribution is 1.19. The SMILES string of the molecule is CC(C)=C1CC=CC(c2[c]cccc2)=C1c1c[c]ccc1. The normalized spacial score (nSPS) is 14.5. The van der Waals surface area contributed by atoms with Crippen LogP contribution in [0.5, 0.6) is 0 Å². The molecule has 21 heavy (non-hydrogen) atoms. The van der Waals surface area contributed by atoms with Crippen molar-refractivity contribution in [3.63, 3.8) is 0 Å². The standard InChI is InChI=1S/C21H18/c1-16(2)19-14-9-15-20(17-10-5-3-6-11-17)21(19)18-12-7-4-8-13-18/h3-7,9-10,12-13,15H,14H2,1-2H3. The minimum Gasteiger partial charge on any atom is -0.0795 e. The van der Waals surface area contributed by atoms with Crippen LogP contribution < -0.4 is 0 Å². The minimum atomic E-state index is 0.989. The third-order valence-electron chi connectivity index (χ3n) is 3.78. The van der Waals surface area contributed by atoms with Crippen molar-refractivity contribution in [2.75, 3.05) is 0 Å². The van der Waals surface area contributed by atoms with Gasteiger partial charge >= 0.3 is 0 Å². The van der Waals surface area contributed by atoms with Gasteiger partial charge in [0.05, 0.1) is 0 Å². The average Bonchev–Trinajstić information content (AvgIpc) is 2.55. The lowest BCUT2D eigenvalue weighted by atomic mass is 9.83. The maximum Gasteiger partial charge on any atom is -0.00705 e. The van der Waals surface area contributed by atoms with Crippen LogP contribution in [0.3, 0.4) is 0 Å². The van der Waals surface area contributed by atoms with Crippen LogP contribution in [0, 0.1) is 12.1 Å². The fourth-order valence-corrected chi connectivity index (χ4v) is 2.76. The van der Waals surface area contributed by atoms with Crippen LogP contribution in [0.15, 0.2) is 71.8 Å². The van der Waals surface area contributed by atoms with Crippen LogP contribution in [0.2, 0.25) is 0 Å². The summed E-state index contributed by atoms with van der Waals surface area (Å²) in [5, 5.41) is 0. The Morgan fingerprint density at radius 3 is 2.62 bits per heavy atom. The Labute approximate surface area is 127 Å². The molecule has 1 aliphatic rings. The summed E-state index contributed by atoms with van der Waals surface area (Å²) in [7, 11) is 0. The van der Waals surface area contributed by atoms with E-state index in [-0.39, 0.29) is 0 Å². The van der Waals surface area contributed by atoms with Gasteiger partial charge in [-0.05, 0) is 66.3 Å². The summed E-state index contributed by atoms with van der Waals surface area (Å²) >= 11 is 0. The van der Waals surface area contributed by atoms with Crippen molar-refractivity contribution in [2.24, 2.45) is 0 Å². The number of benzene rings is 2. The van der Waals surface area contributed by atoms with E-state index >= 15 is 0 Å². The molecule has 2 aromatic rings. The molecule has 1 aliphatic carbocycles. The van der Waals surface area contributed by atoms with Crippen molar-refractivity contribution in [1.82, 2.24) is 0 Å². The highest BCUT2D eigenvalue weighted by atomic mass is 14.2. The Bertz CT molecular complexity index is 709. The van der Waals surface area contributed by atoms with Crippen LogP contribution in [0.4, 0.5) is 0 Å². The van der Waals surface area contributed by atoms with Crippen molar-refractivity contribution in [1.29, 1.82) is 0 Å². The molecule has 3 rings (SSSR count). The van der Waals surface area contributed by atoms with Gasteiger partial charge in [0.1, 0.15) is 0 Å². The highest BCUT2D eigenvalue weighted by Crippen LogP contribution is 2.39. The molecule has 0 amide bonds. The fourth-order valence-electron chi connectivity index (χ4n) is 2.76. The number of rotatable bonds is 2. The molecule has 0 atom stereocenters. The van der Waals surface area contributed by atoms with E-state index in [1.54, 1.807) is 0 Å². The van der Waals surface area contributed by atoms with Crippen molar-refractivity contribution in [3.05, 3.63) is 95.1 Å². The molecule has 0 saturated heterocycles. The number of hydrogen-bond acceptors (Lipinski definition) is 0. The van der Waals surface area contributed by atoms with E-state index < -0.39 is 0 Å². The van der Waals surface area contributed by atoms with Crippen molar-refractivity contribution < 1.29 is 0 Å². The highest BCUT2D eigenvalue weighted by Gasteiger charge is 2.17. The van der Waals surface area contributed by atoms with Gasteiger partial charge in [0, 0.05) is 0 Å². The fraction of sp³-hybridized carbons (Fsp3) is 0.143. The molecule has 2 aromatic carbocycles. The lowest BCUT2D eigenvalue weighted by Gasteiger charge is -2.21. The van der Waals surface area contributed by atoms with Gasteiger partial charge < -0.3 is 0 Å². The van der Waals surface area contributed by atoms with Gasteiger partial charge in [0.2, 0.25) is 0 Å². The molecule has 2 radical (unpaired) electrons. The van der Waals surface area contributed by atoms with E-state index in [1.807, 2.05) is 18.2 Å². The van der Waals surface area contributed by atoms with Gasteiger partial charge in [-0.1, -0.05) is 60.2 Å². The minimum absolute atomic E-state index is 0.989. The molecule has 0 N–H and O–H groups in total. The van der Waals surface area contributed by atoms with Crippen LogP contribution in [-0.4, -0.2) is 0 Å². The first-order chi connectivity index (χ1) is 10.3. The highest BCUT2D eigenvalue weighted by molar-refractivity contribution is 6.03. The Balaban J connectivity index is 2.28. The maximum atomic E-state index is 3.36. The summed E-state index contributed by atoms with van der Waals surface area (Å²) in [6.45, 7) is 4.38. The second kappa shape index (κ2) is 5.97. The Morgan fingerprint density at radius 1 is 1.05 bits per heavy atom. The van der Waals surface area contributed by atoms with Crippen LogP contribution in [0.1, 0.15) is 31.4 Å². The van der Waals surface area contributed by atoms with E-state index in [4.69, 9.17) is 0 Å². The van der Waals surface area contributed by atoms with Crippen LogP contribution in [-0.2, 0) is 0 Å². The third kappa shape index (κ3) is 2.75. The Morgan fingerprint density at radius 2 is 1.95 bits per heavy atom. The lowest BCUT2D eigenvalue weighted by Crippen LogP contribution is -2.00. The molecule has 0 nitrogen and oxygen atoms in total. The second-order valence-electron chi connectivity index (χ2n) is 5.44. The molecule has 0 heterocycles. The Hall–Kier alpha value is -2.34.